The molecular weight excluding hydrogens is 320 g/mol. The maximum absolute atomic E-state index is 11.5. The molecule has 0 radical (unpaired) electrons. The summed E-state index contributed by atoms with van der Waals surface area (Å²) in [6, 6.07) is 5.91. The molecule has 0 saturated heterocycles. The molecule has 1 aliphatic heterocycles. The number of ether oxygens (including phenoxy) is 2. The number of fused-ring (bicyclic) bond motifs is 2. The number of methoxy groups -OCH3 is 1. The van der Waals surface area contributed by atoms with Crippen LogP contribution in [0.3, 0.4) is 0 Å². The van der Waals surface area contributed by atoms with Crippen LogP contribution in [0.25, 0.3) is 6.08 Å². The van der Waals surface area contributed by atoms with Crippen molar-refractivity contribution in [3.63, 3.8) is 0 Å². The first-order chi connectivity index (χ1) is 12.2. The van der Waals surface area contributed by atoms with E-state index in [-0.39, 0.29) is 5.97 Å². The second-order valence-electron chi connectivity index (χ2n) is 5.44. The number of benzene rings is 1. The molecule has 0 fully saturated rings. The number of nitrogens with zero attached hydrogens (tertiary/aromatic N) is 4. The van der Waals surface area contributed by atoms with Crippen molar-refractivity contribution in [2.75, 3.05) is 37.3 Å². The van der Waals surface area contributed by atoms with Crippen LogP contribution in [-0.2, 0) is 14.3 Å². The fourth-order valence-electron chi connectivity index (χ4n) is 2.74. The van der Waals surface area contributed by atoms with E-state index in [4.69, 9.17) is 9.47 Å². The van der Waals surface area contributed by atoms with Gasteiger partial charge in [0.2, 0.25) is 0 Å². The second-order valence-corrected chi connectivity index (χ2v) is 5.44. The van der Waals surface area contributed by atoms with Gasteiger partial charge in [-0.05, 0) is 30.7 Å². The van der Waals surface area contributed by atoms with E-state index in [0.717, 1.165) is 28.6 Å². The third-order valence-electron chi connectivity index (χ3n) is 3.84. The monoisotopic (exact) mass is 340 g/mol. The van der Waals surface area contributed by atoms with E-state index in [0.29, 0.717) is 13.3 Å². The lowest BCUT2D eigenvalue weighted by atomic mass is 10.1. The van der Waals surface area contributed by atoms with E-state index < -0.39 is 0 Å². The fourth-order valence-corrected chi connectivity index (χ4v) is 2.74. The molecule has 130 valence electrons. The first-order valence-electron chi connectivity index (χ1n) is 7.95. The maximum atomic E-state index is 11.5. The summed E-state index contributed by atoms with van der Waals surface area (Å²) in [6.07, 6.45) is 6.48. The average molecular weight is 340 g/mol. The number of anilines is 4. The van der Waals surface area contributed by atoms with Gasteiger partial charge in [0.1, 0.15) is 6.73 Å². The number of carbonyl (C=O) groups excluding carboxylic acids is 1. The highest BCUT2D eigenvalue weighted by Gasteiger charge is 2.28. The van der Waals surface area contributed by atoms with Gasteiger partial charge in [0.25, 0.3) is 0 Å². The van der Waals surface area contributed by atoms with Gasteiger partial charge in [-0.2, -0.15) is 0 Å². The molecule has 0 aliphatic carbocycles. The van der Waals surface area contributed by atoms with Gasteiger partial charge in [0.15, 0.2) is 11.6 Å². The lowest BCUT2D eigenvalue weighted by Gasteiger charge is -2.36. The normalized spacial score (nSPS) is 12.9. The van der Waals surface area contributed by atoms with Crippen molar-refractivity contribution in [3.05, 3.63) is 42.2 Å². The Labute approximate surface area is 146 Å². The quantitative estimate of drug-likeness (QED) is 0.612. The summed E-state index contributed by atoms with van der Waals surface area (Å²) in [5, 5.41) is 0. The van der Waals surface area contributed by atoms with E-state index >= 15 is 0 Å². The number of carbonyl (C=O) groups is 1. The summed E-state index contributed by atoms with van der Waals surface area (Å²) < 4.78 is 10.3. The van der Waals surface area contributed by atoms with Crippen LogP contribution in [0, 0.1) is 0 Å². The van der Waals surface area contributed by atoms with Crippen molar-refractivity contribution in [2.24, 2.45) is 0 Å². The summed E-state index contributed by atoms with van der Waals surface area (Å²) >= 11 is 0. The van der Waals surface area contributed by atoms with Gasteiger partial charge in [0, 0.05) is 32.6 Å². The van der Waals surface area contributed by atoms with E-state index in [1.54, 1.807) is 32.5 Å². The molecule has 0 atom stereocenters. The van der Waals surface area contributed by atoms with Gasteiger partial charge in [0.05, 0.1) is 18.0 Å². The standard InChI is InChI=1S/C18H20N4O3/c1-4-25-16(23)8-6-13-5-7-14-15(11-13)22(12-24-3)18-17(21(14)2)19-9-10-20-18/h5-11H,4,12H2,1-3H3. The third kappa shape index (κ3) is 3.32. The molecule has 2 aromatic rings. The Morgan fingerprint density at radius 1 is 1.20 bits per heavy atom. The zero-order valence-electron chi connectivity index (χ0n) is 14.5. The van der Waals surface area contributed by atoms with Crippen molar-refractivity contribution < 1.29 is 14.3 Å². The molecule has 2 heterocycles. The maximum Gasteiger partial charge on any atom is 0.330 e. The summed E-state index contributed by atoms with van der Waals surface area (Å²) in [7, 11) is 3.59. The van der Waals surface area contributed by atoms with E-state index in [9.17, 15) is 4.79 Å². The lowest BCUT2D eigenvalue weighted by molar-refractivity contribution is -0.137. The van der Waals surface area contributed by atoms with E-state index in [1.165, 1.54) is 6.08 Å². The van der Waals surface area contributed by atoms with Crippen molar-refractivity contribution in [1.29, 1.82) is 0 Å². The smallest absolute Gasteiger partial charge is 0.330 e. The Balaban J connectivity index is 2.00. The Morgan fingerprint density at radius 3 is 2.68 bits per heavy atom. The number of aromatic nitrogens is 2. The molecule has 0 amide bonds. The van der Waals surface area contributed by atoms with Gasteiger partial charge < -0.3 is 14.4 Å². The van der Waals surface area contributed by atoms with Crippen molar-refractivity contribution in [3.8, 4) is 0 Å². The van der Waals surface area contributed by atoms with E-state index in [2.05, 4.69) is 9.97 Å². The second kappa shape index (κ2) is 7.31. The Hall–Kier alpha value is -2.93. The molecule has 7 heteroatoms. The van der Waals surface area contributed by atoms with Crippen LogP contribution in [0.2, 0.25) is 0 Å². The zero-order valence-corrected chi connectivity index (χ0v) is 14.5. The summed E-state index contributed by atoms with van der Waals surface area (Å²) in [5.41, 5.74) is 2.80. The summed E-state index contributed by atoms with van der Waals surface area (Å²) in [6.45, 7) is 2.48. The van der Waals surface area contributed by atoms with Crippen LogP contribution in [0.15, 0.2) is 36.7 Å². The van der Waals surface area contributed by atoms with Crippen LogP contribution in [0.1, 0.15) is 12.5 Å². The van der Waals surface area contributed by atoms with Gasteiger partial charge in [-0.25, -0.2) is 14.8 Å². The summed E-state index contributed by atoms with van der Waals surface area (Å²) in [4.78, 5) is 24.3. The highest BCUT2D eigenvalue weighted by molar-refractivity contribution is 5.92. The predicted molar refractivity (Wildman–Crippen MR) is 96.2 cm³/mol. The fraction of sp³-hybridized carbons (Fsp3) is 0.278. The van der Waals surface area contributed by atoms with Crippen molar-refractivity contribution in [1.82, 2.24) is 9.97 Å². The first-order valence-corrected chi connectivity index (χ1v) is 7.95. The predicted octanol–water partition coefficient (Wildman–Crippen LogP) is 2.88. The SMILES string of the molecule is CCOC(=O)C=Cc1ccc2c(c1)N(COC)c1nccnc1N2C. The molecule has 7 nitrogen and oxygen atoms in total. The van der Waals surface area contributed by atoms with Crippen LogP contribution in [0.4, 0.5) is 23.0 Å². The molecule has 0 spiro atoms. The molecule has 3 rings (SSSR count). The van der Waals surface area contributed by atoms with Gasteiger partial charge in [-0.15, -0.1) is 0 Å². The van der Waals surface area contributed by atoms with Crippen LogP contribution in [0.5, 0.6) is 0 Å². The van der Waals surface area contributed by atoms with Crippen LogP contribution in [-0.4, -0.2) is 43.4 Å². The van der Waals surface area contributed by atoms with Gasteiger partial charge in [-0.3, -0.25) is 4.90 Å². The highest BCUT2D eigenvalue weighted by atomic mass is 16.5. The number of rotatable bonds is 5. The molecule has 0 saturated carbocycles. The first kappa shape index (κ1) is 16.9. The molecule has 1 aliphatic rings. The topological polar surface area (TPSA) is 67.8 Å². The molecule has 0 N–H and O–H groups in total. The van der Waals surface area contributed by atoms with Gasteiger partial charge in [-0.1, -0.05) is 6.07 Å². The molecular formula is C18H20N4O3. The lowest BCUT2D eigenvalue weighted by Crippen LogP contribution is -2.30. The molecule has 0 unspecified atom stereocenters. The van der Waals surface area contributed by atoms with Crippen LogP contribution < -0.4 is 9.80 Å². The largest absolute Gasteiger partial charge is 0.463 e. The molecule has 1 aromatic heterocycles. The third-order valence-corrected chi connectivity index (χ3v) is 3.84. The molecule has 0 bridgehead atoms. The number of hydrogen-bond acceptors (Lipinski definition) is 7. The Bertz CT molecular complexity index is 807. The Morgan fingerprint density at radius 2 is 1.96 bits per heavy atom. The minimum Gasteiger partial charge on any atom is -0.463 e. The number of esters is 1. The average Bonchev–Trinajstić information content (AvgIpc) is 2.63. The summed E-state index contributed by atoms with van der Waals surface area (Å²) in [5.74, 6) is 1.13. The molecule has 1 aromatic carbocycles. The Kier molecular flexibility index (Phi) is 4.95. The molecule has 25 heavy (non-hydrogen) atoms. The minimum absolute atomic E-state index is 0.345. The highest BCUT2D eigenvalue weighted by Crippen LogP contribution is 2.45. The van der Waals surface area contributed by atoms with Crippen LogP contribution >= 0.6 is 0 Å². The minimum atomic E-state index is -0.359. The van der Waals surface area contributed by atoms with E-state index in [1.807, 2.05) is 35.0 Å². The van der Waals surface area contributed by atoms with Crippen molar-refractivity contribution in [2.45, 2.75) is 6.92 Å². The number of hydrogen-bond donors (Lipinski definition) is 0. The zero-order chi connectivity index (χ0) is 17.8. The van der Waals surface area contributed by atoms with Crippen molar-refractivity contribution >= 4 is 35.1 Å². The van der Waals surface area contributed by atoms with Gasteiger partial charge >= 0.3 is 5.97 Å².